The first kappa shape index (κ1) is 12.9. The summed E-state index contributed by atoms with van der Waals surface area (Å²) in [6.07, 6.45) is 0.0563. The summed E-state index contributed by atoms with van der Waals surface area (Å²) in [6, 6.07) is 15.0. The summed E-state index contributed by atoms with van der Waals surface area (Å²) in [7, 11) is 1.62. The molecule has 18 heavy (non-hydrogen) atoms. The molecule has 2 aromatic rings. The Balaban J connectivity index is 2.06. The molecule has 2 rings (SSSR count). The molecule has 0 bridgehead atoms. The van der Waals surface area contributed by atoms with Gasteiger partial charge in [0, 0.05) is 11.4 Å². The van der Waals surface area contributed by atoms with Crippen molar-refractivity contribution in [2.45, 2.75) is 12.5 Å². The lowest BCUT2D eigenvalue weighted by molar-refractivity contribution is 0.178. The van der Waals surface area contributed by atoms with Gasteiger partial charge in [-0.25, -0.2) is 0 Å². The summed E-state index contributed by atoms with van der Waals surface area (Å²) in [5.74, 6) is 0.789. The van der Waals surface area contributed by atoms with Crippen molar-refractivity contribution in [2.24, 2.45) is 0 Å². The number of aliphatic hydroxyl groups excluding tert-OH is 1. The van der Waals surface area contributed by atoms with E-state index >= 15 is 0 Å². The number of aliphatic hydroxyl groups is 1. The normalized spacial score (nSPS) is 12.2. The van der Waals surface area contributed by atoms with Crippen molar-refractivity contribution in [3.05, 3.63) is 64.7 Å². The lowest BCUT2D eigenvalue weighted by atomic mass is 10.0. The fourth-order valence-corrected chi connectivity index (χ4v) is 1.91. The molecule has 1 atom stereocenters. The van der Waals surface area contributed by atoms with E-state index < -0.39 is 6.10 Å². The minimum atomic E-state index is -0.517. The van der Waals surface area contributed by atoms with E-state index in [0.29, 0.717) is 11.4 Å². The Morgan fingerprint density at radius 2 is 1.67 bits per heavy atom. The maximum atomic E-state index is 10.1. The molecular weight excluding hydrogens is 248 g/mol. The first-order valence-corrected chi connectivity index (χ1v) is 6.13. The SMILES string of the molecule is COc1ccc([C@@H](O)Cc2ccc(Cl)cc2)cc1. The Hall–Kier alpha value is -1.51. The molecule has 0 unspecified atom stereocenters. The van der Waals surface area contributed by atoms with Crippen molar-refractivity contribution in [1.82, 2.24) is 0 Å². The third kappa shape index (κ3) is 3.25. The molecule has 0 heterocycles. The zero-order valence-electron chi connectivity index (χ0n) is 10.1. The molecule has 2 nitrogen and oxygen atoms in total. The fourth-order valence-electron chi connectivity index (χ4n) is 1.79. The van der Waals surface area contributed by atoms with Gasteiger partial charge in [0.15, 0.2) is 0 Å². The fraction of sp³-hybridized carbons (Fsp3) is 0.200. The Bertz CT molecular complexity index is 491. The zero-order chi connectivity index (χ0) is 13.0. The molecule has 0 aromatic heterocycles. The van der Waals surface area contributed by atoms with E-state index in [1.807, 2.05) is 48.5 Å². The molecule has 0 saturated heterocycles. The van der Waals surface area contributed by atoms with E-state index in [0.717, 1.165) is 16.9 Å². The van der Waals surface area contributed by atoms with Crippen LogP contribution in [0.25, 0.3) is 0 Å². The van der Waals surface area contributed by atoms with Gasteiger partial charge in [-0.3, -0.25) is 0 Å². The summed E-state index contributed by atoms with van der Waals surface area (Å²) in [5.41, 5.74) is 1.94. The number of benzene rings is 2. The second-order valence-corrected chi connectivity index (χ2v) is 4.56. The number of hydrogen-bond acceptors (Lipinski definition) is 2. The Morgan fingerprint density at radius 1 is 1.06 bits per heavy atom. The van der Waals surface area contributed by atoms with Crippen LogP contribution in [-0.2, 0) is 6.42 Å². The van der Waals surface area contributed by atoms with Gasteiger partial charge in [0.2, 0.25) is 0 Å². The lowest BCUT2D eigenvalue weighted by Crippen LogP contribution is -2.01. The average molecular weight is 263 g/mol. The largest absolute Gasteiger partial charge is 0.497 e. The monoisotopic (exact) mass is 262 g/mol. The van der Waals surface area contributed by atoms with E-state index in [-0.39, 0.29) is 0 Å². The molecule has 2 aromatic carbocycles. The molecule has 0 amide bonds. The molecule has 0 spiro atoms. The summed E-state index contributed by atoms with van der Waals surface area (Å²) >= 11 is 5.82. The summed E-state index contributed by atoms with van der Waals surface area (Å²) in [6.45, 7) is 0. The quantitative estimate of drug-likeness (QED) is 0.912. The Morgan fingerprint density at radius 3 is 2.22 bits per heavy atom. The van der Waals surface area contributed by atoms with Crippen LogP contribution in [-0.4, -0.2) is 12.2 Å². The zero-order valence-corrected chi connectivity index (χ0v) is 10.9. The van der Waals surface area contributed by atoms with Gasteiger partial charge >= 0.3 is 0 Å². The van der Waals surface area contributed by atoms with Crippen LogP contribution < -0.4 is 4.74 Å². The van der Waals surface area contributed by atoms with Crippen LogP contribution in [0.15, 0.2) is 48.5 Å². The third-order valence-corrected chi connectivity index (χ3v) is 3.09. The minimum Gasteiger partial charge on any atom is -0.497 e. The predicted octanol–water partition coefficient (Wildman–Crippen LogP) is 3.62. The van der Waals surface area contributed by atoms with E-state index in [4.69, 9.17) is 16.3 Å². The van der Waals surface area contributed by atoms with Gasteiger partial charge < -0.3 is 9.84 Å². The van der Waals surface area contributed by atoms with Gasteiger partial charge in [0.1, 0.15) is 5.75 Å². The number of halogens is 1. The maximum absolute atomic E-state index is 10.1. The molecule has 0 fully saturated rings. The van der Waals surface area contributed by atoms with Crippen molar-refractivity contribution in [1.29, 1.82) is 0 Å². The van der Waals surface area contributed by atoms with Crippen LogP contribution in [0.4, 0.5) is 0 Å². The maximum Gasteiger partial charge on any atom is 0.118 e. The standard InChI is InChI=1S/C15H15ClO2/c1-18-14-8-4-12(5-9-14)15(17)10-11-2-6-13(16)7-3-11/h2-9,15,17H,10H2,1H3/t15-/m0/s1. The van der Waals surface area contributed by atoms with Crippen molar-refractivity contribution in [3.63, 3.8) is 0 Å². The topological polar surface area (TPSA) is 29.5 Å². The molecule has 0 aliphatic carbocycles. The third-order valence-electron chi connectivity index (χ3n) is 2.84. The summed E-state index contributed by atoms with van der Waals surface area (Å²) < 4.78 is 5.08. The molecule has 1 N–H and O–H groups in total. The van der Waals surface area contributed by atoms with Crippen LogP contribution in [0.5, 0.6) is 5.75 Å². The second-order valence-electron chi connectivity index (χ2n) is 4.12. The van der Waals surface area contributed by atoms with E-state index in [2.05, 4.69) is 0 Å². The molecule has 0 aliphatic rings. The highest BCUT2D eigenvalue weighted by Crippen LogP contribution is 2.21. The van der Waals surface area contributed by atoms with Crippen molar-refractivity contribution >= 4 is 11.6 Å². The van der Waals surface area contributed by atoms with Crippen molar-refractivity contribution in [3.8, 4) is 5.75 Å². The Kier molecular flexibility index (Phi) is 4.24. The Labute approximate surface area is 112 Å². The molecule has 94 valence electrons. The van der Waals surface area contributed by atoms with Gasteiger partial charge in [-0.05, 0) is 35.4 Å². The van der Waals surface area contributed by atoms with Crippen LogP contribution >= 0.6 is 11.6 Å². The van der Waals surface area contributed by atoms with Gasteiger partial charge in [0.05, 0.1) is 13.2 Å². The number of hydrogen-bond donors (Lipinski definition) is 1. The van der Waals surface area contributed by atoms with E-state index in [1.165, 1.54) is 0 Å². The van der Waals surface area contributed by atoms with Crippen LogP contribution in [0, 0.1) is 0 Å². The summed E-state index contributed by atoms with van der Waals surface area (Å²) in [4.78, 5) is 0. The second kappa shape index (κ2) is 5.89. The predicted molar refractivity (Wildman–Crippen MR) is 73.1 cm³/mol. The lowest BCUT2D eigenvalue weighted by Gasteiger charge is -2.11. The molecule has 0 aliphatic heterocycles. The molecule has 3 heteroatoms. The summed E-state index contributed by atoms with van der Waals surface area (Å²) in [5, 5.41) is 10.8. The van der Waals surface area contributed by atoms with Gasteiger partial charge in [-0.2, -0.15) is 0 Å². The van der Waals surface area contributed by atoms with Crippen molar-refractivity contribution in [2.75, 3.05) is 7.11 Å². The molecular formula is C15H15ClO2. The number of methoxy groups -OCH3 is 1. The van der Waals surface area contributed by atoms with E-state index in [9.17, 15) is 5.11 Å². The van der Waals surface area contributed by atoms with Crippen LogP contribution in [0.2, 0.25) is 5.02 Å². The highest BCUT2D eigenvalue weighted by Gasteiger charge is 2.08. The molecule has 0 radical (unpaired) electrons. The first-order valence-electron chi connectivity index (χ1n) is 5.75. The minimum absolute atomic E-state index is 0.517. The van der Waals surface area contributed by atoms with Crippen LogP contribution in [0.1, 0.15) is 17.2 Å². The van der Waals surface area contributed by atoms with Gasteiger partial charge in [-0.15, -0.1) is 0 Å². The van der Waals surface area contributed by atoms with Crippen LogP contribution in [0.3, 0.4) is 0 Å². The number of rotatable bonds is 4. The van der Waals surface area contributed by atoms with E-state index in [1.54, 1.807) is 7.11 Å². The first-order chi connectivity index (χ1) is 8.69. The average Bonchev–Trinajstić information content (AvgIpc) is 2.41. The highest BCUT2D eigenvalue weighted by atomic mass is 35.5. The van der Waals surface area contributed by atoms with Gasteiger partial charge in [-0.1, -0.05) is 35.9 Å². The number of ether oxygens (including phenoxy) is 1. The van der Waals surface area contributed by atoms with Crippen molar-refractivity contribution < 1.29 is 9.84 Å². The molecule has 0 saturated carbocycles. The smallest absolute Gasteiger partial charge is 0.118 e. The highest BCUT2D eigenvalue weighted by molar-refractivity contribution is 6.30. The van der Waals surface area contributed by atoms with Gasteiger partial charge in [0.25, 0.3) is 0 Å².